The summed E-state index contributed by atoms with van der Waals surface area (Å²) < 4.78 is 5.86. The molecule has 1 aromatic heterocycles. The van der Waals surface area contributed by atoms with E-state index in [1.165, 1.54) is 18.1 Å². The number of anilines is 2. The molecule has 3 N–H and O–H groups in total. The Labute approximate surface area is 246 Å². The van der Waals surface area contributed by atoms with Gasteiger partial charge in [0.15, 0.2) is 0 Å². The van der Waals surface area contributed by atoms with Gasteiger partial charge < -0.3 is 24.8 Å². The van der Waals surface area contributed by atoms with Crippen molar-refractivity contribution in [2.24, 2.45) is 0 Å². The van der Waals surface area contributed by atoms with Crippen LogP contribution in [0.15, 0.2) is 66.9 Å². The number of hydrogen-bond donors (Lipinski definition) is 3. The molecule has 2 heterocycles. The van der Waals surface area contributed by atoms with Crippen LogP contribution in [0.5, 0.6) is 11.5 Å². The van der Waals surface area contributed by atoms with E-state index in [-0.39, 0.29) is 12.1 Å². The number of piperidine rings is 1. The van der Waals surface area contributed by atoms with Gasteiger partial charge in [-0.1, -0.05) is 18.2 Å². The zero-order valence-electron chi connectivity index (χ0n) is 24.6. The molecule has 0 bridgehead atoms. The van der Waals surface area contributed by atoms with Crippen LogP contribution in [0.3, 0.4) is 0 Å². The van der Waals surface area contributed by atoms with Crippen LogP contribution < -0.4 is 20.7 Å². The summed E-state index contributed by atoms with van der Waals surface area (Å²) in [6.07, 6.45) is 3.45. The highest BCUT2D eigenvalue weighted by Gasteiger charge is 2.25. The van der Waals surface area contributed by atoms with Crippen molar-refractivity contribution in [3.8, 4) is 22.6 Å². The number of imide groups is 1. The van der Waals surface area contributed by atoms with E-state index in [1.807, 2.05) is 7.05 Å². The molecule has 1 fully saturated rings. The van der Waals surface area contributed by atoms with E-state index >= 15 is 0 Å². The third-order valence-electron chi connectivity index (χ3n) is 7.01. The van der Waals surface area contributed by atoms with Crippen LogP contribution >= 0.6 is 0 Å². The Morgan fingerprint density at radius 3 is 2.19 bits per heavy atom. The van der Waals surface area contributed by atoms with Crippen LogP contribution in [0.1, 0.15) is 19.8 Å². The molecule has 11 nitrogen and oxygen atoms in total. The second-order valence-electron chi connectivity index (χ2n) is 10.6. The van der Waals surface area contributed by atoms with Crippen LogP contribution in [0, 0.1) is 0 Å². The van der Waals surface area contributed by atoms with Crippen molar-refractivity contribution >= 4 is 29.5 Å². The maximum absolute atomic E-state index is 12.8. The minimum atomic E-state index is -0.606. The van der Waals surface area contributed by atoms with Crippen LogP contribution in [0.2, 0.25) is 0 Å². The summed E-state index contributed by atoms with van der Waals surface area (Å²) in [5.41, 5.74) is 3.36. The lowest BCUT2D eigenvalue weighted by Crippen LogP contribution is -2.48. The fraction of sp³-hybridized carbons (Fsp3) is 0.355. The SMILES string of the molecule is CC(=O)NC(=O)Nc1ccc(Oc2ccnc(NC(=O)N(C)C3CCN(CCN(C)C)CC3)c2)cc1.c1cc2cc-2c1. The third kappa shape index (κ3) is 9.57. The molecule has 0 unspecified atom stereocenters. The number of likely N-dealkylation sites (tertiary alicyclic amines) is 1. The molecule has 222 valence electrons. The number of nitrogens with zero attached hydrogens (tertiary/aromatic N) is 4. The van der Waals surface area contributed by atoms with Gasteiger partial charge in [-0.2, -0.15) is 0 Å². The second kappa shape index (κ2) is 14.4. The Hall–Kier alpha value is -4.48. The molecule has 1 aromatic carbocycles. The Balaban J connectivity index is 0.000000587. The van der Waals surface area contributed by atoms with Crippen molar-refractivity contribution < 1.29 is 19.1 Å². The zero-order valence-corrected chi connectivity index (χ0v) is 24.6. The smallest absolute Gasteiger partial charge is 0.325 e. The number of carbonyl (C=O) groups excluding carboxylic acids is 3. The number of urea groups is 2. The molecule has 3 aliphatic rings. The number of fused-ring (bicyclic) bond motifs is 1. The van der Waals surface area contributed by atoms with Gasteiger partial charge in [-0.25, -0.2) is 14.6 Å². The highest BCUT2D eigenvalue weighted by Crippen LogP contribution is 2.32. The van der Waals surface area contributed by atoms with Crippen molar-refractivity contribution in [3.63, 3.8) is 0 Å². The first-order chi connectivity index (χ1) is 20.2. The molecule has 11 heteroatoms. The summed E-state index contributed by atoms with van der Waals surface area (Å²) in [5.74, 6) is 0.994. The van der Waals surface area contributed by atoms with Gasteiger partial charge in [0.1, 0.15) is 17.3 Å². The summed E-state index contributed by atoms with van der Waals surface area (Å²) in [5, 5.41) is 7.55. The number of carbonyl (C=O) groups is 3. The Morgan fingerprint density at radius 2 is 1.62 bits per heavy atom. The molecule has 5 rings (SSSR count). The number of aromatic nitrogens is 1. The van der Waals surface area contributed by atoms with Gasteiger partial charge in [-0.05, 0) is 74.5 Å². The lowest BCUT2D eigenvalue weighted by atomic mass is 10.0. The largest absolute Gasteiger partial charge is 0.457 e. The van der Waals surface area contributed by atoms with Crippen molar-refractivity contribution in [1.29, 1.82) is 0 Å². The quantitative estimate of drug-likeness (QED) is 0.280. The summed E-state index contributed by atoms with van der Waals surface area (Å²) in [6, 6.07) is 17.9. The van der Waals surface area contributed by atoms with Gasteiger partial charge in [-0.15, -0.1) is 0 Å². The number of hydrogen-bond acceptors (Lipinski definition) is 7. The number of amides is 5. The second-order valence-corrected chi connectivity index (χ2v) is 10.6. The van der Waals surface area contributed by atoms with E-state index in [9.17, 15) is 14.4 Å². The van der Waals surface area contributed by atoms with Gasteiger partial charge in [-0.3, -0.25) is 15.4 Å². The van der Waals surface area contributed by atoms with Gasteiger partial charge in [0, 0.05) is 64.1 Å². The van der Waals surface area contributed by atoms with Crippen molar-refractivity contribution in [1.82, 2.24) is 25.0 Å². The fourth-order valence-electron chi connectivity index (χ4n) is 4.52. The number of nitrogens with one attached hydrogen (secondary N) is 3. The lowest BCUT2D eigenvalue weighted by molar-refractivity contribution is -0.117. The molecule has 5 amide bonds. The van der Waals surface area contributed by atoms with E-state index < -0.39 is 11.9 Å². The number of likely N-dealkylation sites (N-methyl/N-ethyl adjacent to an activating group) is 1. The van der Waals surface area contributed by atoms with Crippen LogP contribution in [-0.2, 0) is 4.79 Å². The fourth-order valence-corrected chi connectivity index (χ4v) is 4.52. The van der Waals surface area contributed by atoms with E-state index in [2.05, 4.69) is 69.1 Å². The van der Waals surface area contributed by atoms with Crippen LogP contribution in [0.4, 0.5) is 21.1 Å². The molecular formula is C31H39N7O4. The number of benzene rings is 2. The Morgan fingerprint density at radius 1 is 0.929 bits per heavy atom. The van der Waals surface area contributed by atoms with Gasteiger partial charge >= 0.3 is 12.1 Å². The molecule has 2 aliphatic carbocycles. The van der Waals surface area contributed by atoms with Gasteiger partial charge in [0.05, 0.1) is 0 Å². The van der Waals surface area contributed by atoms with E-state index in [0.717, 1.165) is 39.0 Å². The van der Waals surface area contributed by atoms with Crippen molar-refractivity contribution in [2.75, 3.05) is 58.0 Å². The zero-order chi connectivity index (χ0) is 30.1. The topological polar surface area (TPSA) is 119 Å². The minimum absolute atomic E-state index is 0.185. The summed E-state index contributed by atoms with van der Waals surface area (Å²) >= 11 is 0. The van der Waals surface area contributed by atoms with Crippen LogP contribution in [-0.4, -0.2) is 91.0 Å². The standard InChI is InChI=1S/C25H35N7O4.C6H4/c1-18(33)27-24(34)28-19-5-7-21(8-6-19)36-22-9-12-26-23(17-22)29-25(35)31(4)20-10-13-32(14-11-20)16-15-30(2)3;1-2-5-4-6(5)3-1/h5-9,12,17,20H,10-11,13-16H2,1-4H3,(H,26,29,35)(H2,27,28,33,34);1-4H. The first kappa shape index (κ1) is 30.5. The predicted molar refractivity (Wildman–Crippen MR) is 164 cm³/mol. The maximum Gasteiger partial charge on any atom is 0.325 e. The Kier molecular flexibility index (Phi) is 10.5. The first-order valence-electron chi connectivity index (χ1n) is 14.0. The van der Waals surface area contributed by atoms with Gasteiger partial charge in [0.25, 0.3) is 0 Å². The van der Waals surface area contributed by atoms with Crippen molar-refractivity contribution in [2.45, 2.75) is 25.8 Å². The van der Waals surface area contributed by atoms with E-state index in [0.29, 0.717) is 23.0 Å². The molecule has 0 spiro atoms. The minimum Gasteiger partial charge on any atom is -0.457 e. The van der Waals surface area contributed by atoms with Crippen molar-refractivity contribution in [3.05, 3.63) is 66.9 Å². The number of rotatable bonds is 8. The van der Waals surface area contributed by atoms with Gasteiger partial charge in [0.2, 0.25) is 5.91 Å². The molecule has 1 aliphatic heterocycles. The molecule has 42 heavy (non-hydrogen) atoms. The maximum atomic E-state index is 12.8. The Bertz CT molecular complexity index is 1350. The number of ether oxygens (including phenoxy) is 1. The average molecular weight is 574 g/mol. The highest BCUT2D eigenvalue weighted by atomic mass is 16.5. The molecular weight excluding hydrogens is 534 g/mol. The molecule has 0 atom stereocenters. The highest BCUT2D eigenvalue weighted by molar-refractivity contribution is 6.00. The third-order valence-corrected chi connectivity index (χ3v) is 7.01. The average Bonchev–Trinajstić information content (AvgIpc) is 3.56. The van der Waals surface area contributed by atoms with Crippen LogP contribution in [0.25, 0.3) is 11.1 Å². The molecule has 0 saturated carbocycles. The lowest BCUT2D eigenvalue weighted by Gasteiger charge is -2.37. The normalized spacial score (nSPS) is 13.8. The number of pyridine rings is 1. The van der Waals surface area contributed by atoms with E-state index in [4.69, 9.17) is 4.74 Å². The summed E-state index contributed by atoms with van der Waals surface area (Å²) in [6.45, 7) is 5.29. The summed E-state index contributed by atoms with van der Waals surface area (Å²) in [4.78, 5) is 46.0. The molecule has 1 saturated heterocycles. The molecule has 2 aromatic rings. The van der Waals surface area contributed by atoms with E-state index in [1.54, 1.807) is 47.5 Å². The monoisotopic (exact) mass is 573 g/mol. The predicted octanol–water partition coefficient (Wildman–Crippen LogP) is 4.70. The summed E-state index contributed by atoms with van der Waals surface area (Å²) in [7, 11) is 5.98. The first-order valence-corrected chi connectivity index (χ1v) is 14.0. The molecule has 0 radical (unpaired) electrons.